The number of aromatic hydroxyl groups is 1. The van der Waals surface area contributed by atoms with E-state index in [0.717, 1.165) is 83.7 Å². The van der Waals surface area contributed by atoms with Gasteiger partial charge in [-0.05, 0) is 109 Å². The van der Waals surface area contributed by atoms with Crippen molar-refractivity contribution >= 4 is 62.8 Å². The number of aliphatic hydroxyl groups is 3. The van der Waals surface area contributed by atoms with Crippen LogP contribution in [0.25, 0.3) is 21.9 Å². The molecule has 55 heavy (non-hydrogen) atoms. The van der Waals surface area contributed by atoms with Gasteiger partial charge in [0.15, 0.2) is 0 Å². The average molecular weight is 788 g/mol. The smallest absolute Gasteiger partial charge is 0.332 e. The van der Waals surface area contributed by atoms with Crippen LogP contribution in [-0.2, 0) is 27.5 Å². The maximum absolute atomic E-state index is 11.3. The van der Waals surface area contributed by atoms with Crippen molar-refractivity contribution in [1.82, 2.24) is 19.8 Å². The minimum atomic E-state index is -1.23. The number of aromatic nitrogens is 2. The normalized spacial score (nSPS) is 15.7. The summed E-state index contributed by atoms with van der Waals surface area (Å²) in [4.78, 5) is 42.7. The van der Waals surface area contributed by atoms with Gasteiger partial charge in [-0.1, -0.05) is 11.6 Å². The van der Waals surface area contributed by atoms with Crippen molar-refractivity contribution in [2.45, 2.75) is 77.9 Å². The fourth-order valence-corrected chi connectivity index (χ4v) is 5.76. The van der Waals surface area contributed by atoms with E-state index in [1.54, 1.807) is 7.11 Å². The number of anilines is 2. The summed E-state index contributed by atoms with van der Waals surface area (Å²) in [5.74, 6) is -2.61. The third kappa shape index (κ3) is 13.8. The van der Waals surface area contributed by atoms with Crippen LogP contribution in [0.15, 0.2) is 42.5 Å². The molecule has 0 radical (unpaired) electrons. The summed E-state index contributed by atoms with van der Waals surface area (Å²) in [7, 11) is 1.62. The zero-order valence-corrected chi connectivity index (χ0v) is 32.0. The van der Waals surface area contributed by atoms with Crippen LogP contribution in [0.5, 0.6) is 11.6 Å². The van der Waals surface area contributed by atoms with Crippen LogP contribution in [0.1, 0.15) is 57.6 Å². The number of ether oxygens (including phenoxy) is 1. The molecule has 4 heterocycles. The standard InChI is InChI=1S/C29H32ClN5O2.3C3H6O3/c1-37-26-9-8-24-28(33-26)27(23-7-6-21(30)16-25(23)32-24)31-22-14-19(17-34-10-2-3-11-34)29(36)20(15-22)18-35-12-4-5-13-35;3*1-2(4)3(5)6/h6-9,14-16,36H,2-5,10-13,17-18H2,1H3,(H,31,32);3*2,4H,1H3,(H,5,6). The molecule has 300 valence electrons. The van der Waals surface area contributed by atoms with Crippen molar-refractivity contribution < 1.29 is 54.9 Å². The average Bonchev–Trinajstić information content (AvgIpc) is 3.85. The van der Waals surface area contributed by atoms with Crippen molar-refractivity contribution in [3.8, 4) is 11.6 Å². The van der Waals surface area contributed by atoms with E-state index in [1.807, 2.05) is 30.3 Å². The zero-order valence-electron chi connectivity index (χ0n) is 31.3. The molecule has 2 saturated heterocycles. The number of methoxy groups -OCH3 is 1. The number of nitrogens with zero attached hydrogens (tertiary/aromatic N) is 4. The summed E-state index contributed by atoms with van der Waals surface area (Å²) in [6.45, 7) is 9.37. The first-order valence-electron chi connectivity index (χ1n) is 17.7. The minimum absolute atomic E-state index is 0.417. The Morgan fingerprint density at radius 1 is 0.745 bits per heavy atom. The molecule has 4 aromatic rings. The van der Waals surface area contributed by atoms with Crippen LogP contribution in [0.3, 0.4) is 0 Å². The Bertz CT molecular complexity index is 1830. The molecule has 3 unspecified atom stereocenters. The van der Waals surface area contributed by atoms with E-state index in [4.69, 9.17) is 56.9 Å². The number of carbonyl (C=O) groups is 3. The number of pyridine rings is 2. The molecule has 6 rings (SSSR count). The summed E-state index contributed by atoms with van der Waals surface area (Å²) < 4.78 is 5.43. The molecular weight excluding hydrogens is 738 g/mol. The number of aliphatic hydroxyl groups excluding tert-OH is 3. The Hall–Kier alpha value is -4.84. The van der Waals surface area contributed by atoms with Crippen LogP contribution in [0.2, 0.25) is 5.02 Å². The van der Waals surface area contributed by atoms with Crippen LogP contribution in [0, 0.1) is 0 Å². The summed E-state index contributed by atoms with van der Waals surface area (Å²) in [5.41, 5.74) is 5.96. The Kier molecular flexibility index (Phi) is 17.3. The molecule has 2 aromatic carbocycles. The van der Waals surface area contributed by atoms with Gasteiger partial charge in [-0.2, -0.15) is 0 Å². The fraction of sp³-hybridized carbons (Fsp3) is 0.447. The molecule has 2 aliphatic rings. The largest absolute Gasteiger partial charge is 0.507 e. The number of aliphatic carboxylic acids is 3. The highest BCUT2D eigenvalue weighted by atomic mass is 35.5. The van der Waals surface area contributed by atoms with E-state index in [9.17, 15) is 19.5 Å². The van der Waals surface area contributed by atoms with E-state index < -0.39 is 36.2 Å². The maximum Gasteiger partial charge on any atom is 0.332 e. The van der Waals surface area contributed by atoms with Gasteiger partial charge < -0.3 is 45.8 Å². The molecule has 0 amide bonds. The van der Waals surface area contributed by atoms with Crippen LogP contribution in [0.4, 0.5) is 11.4 Å². The predicted octanol–water partition coefficient (Wildman–Crippen LogP) is 4.44. The van der Waals surface area contributed by atoms with Gasteiger partial charge in [0.2, 0.25) is 5.88 Å². The monoisotopic (exact) mass is 787 g/mol. The molecule has 17 heteroatoms. The second kappa shape index (κ2) is 21.3. The molecule has 8 N–H and O–H groups in total. The number of nitrogens with one attached hydrogen (secondary N) is 1. The summed E-state index contributed by atoms with van der Waals surface area (Å²) in [6, 6.07) is 13.6. The summed E-state index contributed by atoms with van der Waals surface area (Å²) in [6.07, 6.45) is 1.16. The molecule has 16 nitrogen and oxygen atoms in total. The number of halogens is 1. The first kappa shape index (κ1) is 44.6. The van der Waals surface area contributed by atoms with E-state index in [0.29, 0.717) is 16.7 Å². The predicted molar refractivity (Wildman–Crippen MR) is 207 cm³/mol. The lowest BCUT2D eigenvalue weighted by molar-refractivity contribution is -0.146. The Morgan fingerprint density at radius 3 is 1.62 bits per heavy atom. The Morgan fingerprint density at radius 2 is 1.20 bits per heavy atom. The highest BCUT2D eigenvalue weighted by Gasteiger charge is 2.21. The molecule has 2 fully saturated rings. The van der Waals surface area contributed by atoms with Gasteiger partial charge in [0, 0.05) is 46.4 Å². The van der Waals surface area contributed by atoms with E-state index in [2.05, 4.69) is 27.2 Å². The van der Waals surface area contributed by atoms with Gasteiger partial charge in [-0.25, -0.2) is 24.4 Å². The molecule has 2 aliphatic heterocycles. The van der Waals surface area contributed by atoms with Gasteiger partial charge in [0.1, 0.15) is 29.6 Å². The minimum Gasteiger partial charge on any atom is -0.507 e. The topological polar surface area (TPSA) is 246 Å². The number of fused-ring (bicyclic) bond motifs is 2. The molecule has 2 aromatic heterocycles. The second-order valence-electron chi connectivity index (χ2n) is 13.1. The Labute approximate surface area is 323 Å². The van der Waals surface area contributed by atoms with Crippen molar-refractivity contribution in [1.29, 1.82) is 0 Å². The number of carboxylic acids is 3. The lowest BCUT2D eigenvalue weighted by atomic mass is 10.0. The molecule has 0 aliphatic carbocycles. The summed E-state index contributed by atoms with van der Waals surface area (Å²) >= 11 is 6.32. The van der Waals surface area contributed by atoms with E-state index in [-0.39, 0.29) is 0 Å². The number of benzene rings is 2. The van der Waals surface area contributed by atoms with Crippen LogP contribution >= 0.6 is 11.6 Å². The number of phenolic OH excluding ortho intramolecular Hbond substituents is 1. The second-order valence-corrected chi connectivity index (χ2v) is 13.6. The number of likely N-dealkylation sites (tertiary alicyclic amines) is 2. The first-order valence-corrected chi connectivity index (χ1v) is 18.1. The van der Waals surface area contributed by atoms with Gasteiger partial charge in [0.05, 0.1) is 23.8 Å². The van der Waals surface area contributed by atoms with E-state index in [1.165, 1.54) is 46.5 Å². The van der Waals surface area contributed by atoms with Crippen LogP contribution < -0.4 is 10.1 Å². The number of hydrogen-bond donors (Lipinski definition) is 8. The van der Waals surface area contributed by atoms with Crippen molar-refractivity contribution in [2.75, 3.05) is 38.6 Å². The number of phenols is 1. The lowest BCUT2D eigenvalue weighted by Gasteiger charge is -2.22. The van der Waals surface area contributed by atoms with Gasteiger partial charge in [-0.15, -0.1) is 0 Å². The lowest BCUT2D eigenvalue weighted by Crippen LogP contribution is -2.20. The molecular formula is C38H50ClN5O11. The third-order valence-corrected chi connectivity index (χ3v) is 8.79. The van der Waals surface area contributed by atoms with E-state index >= 15 is 0 Å². The van der Waals surface area contributed by atoms with Gasteiger partial charge >= 0.3 is 17.9 Å². The molecule has 0 spiro atoms. The maximum atomic E-state index is 11.3. The van der Waals surface area contributed by atoms with Crippen LogP contribution in [-0.4, -0.2) is 125 Å². The fourth-order valence-electron chi connectivity index (χ4n) is 5.60. The highest BCUT2D eigenvalue weighted by Crippen LogP contribution is 2.37. The van der Waals surface area contributed by atoms with Crippen molar-refractivity contribution in [3.63, 3.8) is 0 Å². The number of hydrogen-bond acceptors (Lipinski definition) is 13. The first-order chi connectivity index (χ1) is 26.0. The van der Waals surface area contributed by atoms with Crippen molar-refractivity contribution in [3.05, 3.63) is 58.6 Å². The highest BCUT2D eigenvalue weighted by molar-refractivity contribution is 6.31. The van der Waals surface area contributed by atoms with Crippen molar-refractivity contribution in [2.24, 2.45) is 0 Å². The molecule has 0 saturated carbocycles. The third-order valence-electron chi connectivity index (χ3n) is 8.56. The molecule has 3 atom stereocenters. The quantitative estimate of drug-likeness (QED) is 0.0818. The van der Waals surface area contributed by atoms with Gasteiger partial charge in [0.25, 0.3) is 0 Å². The SMILES string of the molecule is CC(O)C(=O)O.CC(O)C(=O)O.CC(O)C(=O)O.COc1ccc2nc3cc(Cl)ccc3c(Nc3cc(CN4CCCC4)c(O)c(CN4CCCC4)c3)c2n1. The summed E-state index contributed by atoms with van der Waals surface area (Å²) in [5, 5.41) is 63.8. The number of rotatable bonds is 10. The molecule has 0 bridgehead atoms. The Balaban J connectivity index is 0.000000376. The zero-order chi connectivity index (χ0) is 40.8. The number of carboxylic acid groups (broad SMARTS) is 3. The van der Waals surface area contributed by atoms with Gasteiger partial charge in [-0.3, -0.25) is 9.80 Å².